The summed E-state index contributed by atoms with van der Waals surface area (Å²) < 4.78 is 2.07. The van der Waals surface area contributed by atoms with Crippen molar-refractivity contribution < 1.29 is 0 Å². The van der Waals surface area contributed by atoms with Crippen molar-refractivity contribution in [3.63, 3.8) is 0 Å². The van der Waals surface area contributed by atoms with E-state index in [9.17, 15) is 0 Å². The molecule has 0 aliphatic rings. The third-order valence-electron chi connectivity index (χ3n) is 2.37. The smallest absolute Gasteiger partial charge is 0.167 e. The summed E-state index contributed by atoms with van der Waals surface area (Å²) in [5, 5.41) is 4.65. The number of aromatic nitrogens is 2. The molecule has 0 spiro atoms. The minimum atomic E-state index is 0.603. The molecule has 1 atom stereocenters. The first-order valence-electron chi connectivity index (χ1n) is 5.61. The van der Waals surface area contributed by atoms with Crippen LogP contribution in [-0.4, -0.2) is 27.9 Å². The SMILES string of the molecule is CCCNC(CC)CSc1nccn1C. The first kappa shape index (κ1) is 12.6. The molecule has 0 bridgehead atoms. The van der Waals surface area contributed by atoms with E-state index in [1.54, 1.807) is 0 Å². The predicted molar refractivity (Wildman–Crippen MR) is 66.3 cm³/mol. The molecule has 0 fully saturated rings. The second-order valence-electron chi connectivity index (χ2n) is 3.69. The van der Waals surface area contributed by atoms with Gasteiger partial charge in [-0.15, -0.1) is 0 Å². The van der Waals surface area contributed by atoms with Crippen LogP contribution in [0.2, 0.25) is 0 Å². The molecule has 0 aromatic carbocycles. The molecule has 0 aliphatic carbocycles. The minimum absolute atomic E-state index is 0.603. The van der Waals surface area contributed by atoms with Crippen molar-refractivity contribution in [2.24, 2.45) is 7.05 Å². The Balaban J connectivity index is 2.31. The molecule has 1 aromatic rings. The van der Waals surface area contributed by atoms with E-state index in [4.69, 9.17) is 0 Å². The molecule has 1 N–H and O–H groups in total. The van der Waals surface area contributed by atoms with Gasteiger partial charge in [-0.2, -0.15) is 0 Å². The van der Waals surface area contributed by atoms with Crippen LogP contribution >= 0.6 is 11.8 Å². The van der Waals surface area contributed by atoms with Crippen LogP contribution in [0.25, 0.3) is 0 Å². The number of imidazole rings is 1. The second-order valence-corrected chi connectivity index (χ2v) is 4.68. The summed E-state index contributed by atoms with van der Waals surface area (Å²) in [4.78, 5) is 4.30. The average Bonchev–Trinajstić information content (AvgIpc) is 2.65. The number of aryl methyl sites for hydroxylation is 1. The first-order valence-corrected chi connectivity index (χ1v) is 6.60. The fourth-order valence-corrected chi connectivity index (χ4v) is 2.44. The van der Waals surface area contributed by atoms with E-state index >= 15 is 0 Å². The molecule has 0 saturated carbocycles. The van der Waals surface area contributed by atoms with Gasteiger partial charge in [-0.05, 0) is 19.4 Å². The molecule has 0 saturated heterocycles. The Labute approximate surface area is 96.7 Å². The Morgan fingerprint density at radius 1 is 1.53 bits per heavy atom. The third kappa shape index (κ3) is 4.26. The monoisotopic (exact) mass is 227 g/mol. The van der Waals surface area contributed by atoms with Gasteiger partial charge in [0.15, 0.2) is 5.16 Å². The largest absolute Gasteiger partial charge is 0.329 e. The molecule has 3 nitrogen and oxygen atoms in total. The van der Waals surface area contributed by atoms with Crippen LogP contribution < -0.4 is 5.32 Å². The van der Waals surface area contributed by atoms with Crippen LogP contribution in [0.3, 0.4) is 0 Å². The number of rotatable bonds is 7. The fourth-order valence-electron chi connectivity index (χ4n) is 1.34. The molecule has 1 aromatic heterocycles. The number of nitrogens with zero attached hydrogens (tertiary/aromatic N) is 2. The molecule has 0 radical (unpaired) electrons. The van der Waals surface area contributed by atoms with Gasteiger partial charge in [-0.1, -0.05) is 25.6 Å². The lowest BCUT2D eigenvalue weighted by Gasteiger charge is -2.15. The highest BCUT2D eigenvalue weighted by Gasteiger charge is 2.07. The fraction of sp³-hybridized carbons (Fsp3) is 0.727. The second kappa shape index (κ2) is 6.90. The maximum Gasteiger partial charge on any atom is 0.167 e. The van der Waals surface area contributed by atoms with Gasteiger partial charge in [0, 0.05) is 31.2 Å². The lowest BCUT2D eigenvalue weighted by Crippen LogP contribution is -2.31. The quantitative estimate of drug-likeness (QED) is 0.725. The van der Waals surface area contributed by atoms with Crippen LogP contribution in [0.15, 0.2) is 17.6 Å². The van der Waals surface area contributed by atoms with Gasteiger partial charge in [0.1, 0.15) is 0 Å². The Morgan fingerprint density at radius 3 is 2.87 bits per heavy atom. The van der Waals surface area contributed by atoms with E-state index < -0.39 is 0 Å². The van der Waals surface area contributed by atoms with E-state index in [2.05, 4.69) is 28.7 Å². The third-order valence-corrected chi connectivity index (χ3v) is 3.59. The molecular weight excluding hydrogens is 206 g/mol. The zero-order chi connectivity index (χ0) is 11.1. The summed E-state index contributed by atoms with van der Waals surface area (Å²) in [6.07, 6.45) is 6.21. The maximum atomic E-state index is 4.30. The topological polar surface area (TPSA) is 29.9 Å². The Morgan fingerprint density at radius 2 is 2.33 bits per heavy atom. The summed E-state index contributed by atoms with van der Waals surface area (Å²) >= 11 is 1.83. The first-order chi connectivity index (χ1) is 7.27. The number of hydrogen-bond donors (Lipinski definition) is 1. The van der Waals surface area contributed by atoms with E-state index in [0.29, 0.717) is 6.04 Å². The van der Waals surface area contributed by atoms with Crippen molar-refractivity contribution in [1.29, 1.82) is 0 Å². The summed E-state index contributed by atoms with van der Waals surface area (Å²) in [6.45, 7) is 5.54. The molecular formula is C11H21N3S. The van der Waals surface area contributed by atoms with Crippen molar-refractivity contribution in [1.82, 2.24) is 14.9 Å². The van der Waals surface area contributed by atoms with Crippen molar-refractivity contribution in [3.05, 3.63) is 12.4 Å². The average molecular weight is 227 g/mol. The number of nitrogens with one attached hydrogen (secondary N) is 1. The van der Waals surface area contributed by atoms with Crippen LogP contribution in [0.1, 0.15) is 26.7 Å². The van der Waals surface area contributed by atoms with E-state index in [-0.39, 0.29) is 0 Å². The molecule has 15 heavy (non-hydrogen) atoms. The van der Waals surface area contributed by atoms with Gasteiger partial charge >= 0.3 is 0 Å². The van der Waals surface area contributed by atoms with Gasteiger partial charge in [-0.3, -0.25) is 0 Å². The van der Waals surface area contributed by atoms with Crippen LogP contribution in [0.5, 0.6) is 0 Å². The van der Waals surface area contributed by atoms with Crippen LogP contribution in [0, 0.1) is 0 Å². The zero-order valence-electron chi connectivity index (χ0n) is 9.86. The Kier molecular flexibility index (Phi) is 5.79. The normalized spacial score (nSPS) is 13.0. The van der Waals surface area contributed by atoms with Crippen molar-refractivity contribution in [3.8, 4) is 0 Å². The van der Waals surface area contributed by atoms with Gasteiger partial charge in [0.2, 0.25) is 0 Å². The van der Waals surface area contributed by atoms with Gasteiger partial charge in [0.25, 0.3) is 0 Å². The molecule has 1 rings (SSSR count). The van der Waals surface area contributed by atoms with Crippen molar-refractivity contribution >= 4 is 11.8 Å². The summed E-state index contributed by atoms with van der Waals surface area (Å²) in [7, 11) is 2.04. The lowest BCUT2D eigenvalue weighted by molar-refractivity contribution is 0.539. The summed E-state index contributed by atoms with van der Waals surface area (Å²) in [6, 6.07) is 0.603. The highest BCUT2D eigenvalue weighted by atomic mass is 32.2. The van der Waals surface area contributed by atoms with Crippen LogP contribution in [0.4, 0.5) is 0 Å². The van der Waals surface area contributed by atoms with Crippen LogP contribution in [-0.2, 0) is 7.05 Å². The Bertz CT molecular complexity index is 273. The van der Waals surface area contributed by atoms with E-state index in [1.807, 2.05) is 31.2 Å². The summed E-state index contributed by atoms with van der Waals surface area (Å²) in [5.41, 5.74) is 0. The van der Waals surface area contributed by atoms with Gasteiger partial charge in [-0.25, -0.2) is 4.98 Å². The molecule has 0 aliphatic heterocycles. The molecule has 1 unspecified atom stereocenters. The molecule has 1 heterocycles. The Hall–Kier alpha value is -0.480. The number of thioether (sulfide) groups is 1. The molecule has 86 valence electrons. The molecule has 0 amide bonds. The van der Waals surface area contributed by atoms with E-state index in [0.717, 1.165) is 17.5 Å². The highest BCUT2D eigenvalue weighted by molar-refractivity contribution is 7.99. The van der Waals surface area contributed by atoms with Gasteiger partial charge in [0.05, 0.1) is 0 Å². The predicted octanol–water partition coefficient (Wildman–Crippen LogP) is 2.29. The number of hydrogen-bond acceptors (Lipinski definition) is 3. The summed E-state index contributed by atoms with van der Waals surface area (Å²) in [5.74, 6) is 1.10. The lowest BCUT2D eigenvalue weighted by atomic mass is 10.2. The van der Waals surface area contributed by atoms with Crippen molar-refractivity contribution in [2.75, 3.05) is 12.3 Å². The minimum Gasteiger partial charge on any atom is -0.329 e. The van der Waals surface area contributed by atoms with E-state index in [1.165, 1.54) is 12.8 Å². The standard InChI is InChI=1S/C11H21N3S/c1-4-6-12-10(5-2)9-15-11-13-7-8-14(11)3/h7-8,10,12H,4-6,9H2,1-3H3. The zero-order valence-corrected chi connectivity index (χ0v) is 10.7. The highest BCUT2D eigenvalue weighted by Crippen LogP contribution is 2.16. The molecule has 4 heteroatoms. The van der Waals surface area contributed by atoms with Gasteiger partial charge < -0.3 is 9.88 Å². The maximum absolute atomic E-state index is 4.30. The van der Waals surface area contributed by atoms with Crippen molar-refractivity contribution in [2.45, 2.75) is 37.9 Å².